The Hall–Kier alpha value is -0.900. The molecule has 0 radical (unpaired) electrons. The lowest BCUT2D eigenvalue weighted by Gasteiger charge is -1.74. The Balaban J connectivity index is 3.05. The molecule has 0 aliphatic heterocycles. The number of hydrogen-bond acceptors (Lipinski definition) is 0. The van der Waals surface area contributed by atoms with Gasteiger partial charge in [-0.2, -0.15) is 0 Å². The summed E-state index contributed by atoms with van der Waals surface area (Å²) in [6.45, 7) is 0. The van der Waals surface area contributed by atoms with Crippen LogP contribution in [0.1, 0.15) is 0 Å². The normalized spacial score (nSPS) is 7.50. The fraction of sp³-hybridized carbons (Fsp3) is 0.200. The molecule has 1 heterocycles. The zero-order valence-electron chi connectivity index (χ0n) is 3.60. The van der Waals surface area contributed by atoms with Crippen LogP contribution in [0, 0.1) is 12.3 Å². The van der Waals surface area contributed by atoms with Crippen molar-refractivity contribution in [1.82, 2.24) is 4.57 Å². The summed E-state index contributed by atoms with van der Waals surface area (Å²) in [5.41, 5.74) is 0. The third-order valence-corrected chi connectivity index (χ3v) is 0.622. The molecule has 1 aromatic rings. The van der Waals surface area contributed by atoms with E-state index in [1.54, 1.807) is 0 Å². The van der Waals surface area contributed by atoms with Gasteiger partial charge in [-0.25, -0.2) is 0 Å². The van der Waals surface area contributed by atoms with E-state index >= 15 is 0 Å². The van der Waals surface area contributed by atoms with E-state index in [1.165, 1.54) is 0 Å². The number of aromatic nitrogens is 1. The summed E-state index contributed by atoms with van der Waals surface area (Å²) in [4.78, 5) is 0. The predicted molar refractivity (Wildman–Crippen MR) is 23.1 cm³/mol. The minimum Gasteiger partial charge on any atom is -0.311 e. The van der Waals surface area contributed by atoms with Crippen molar-refractivity contribution in [1.29, 1.82) is 0 Å². The molecule has 6 heavy (non-hydrogen) atoms. The lowest BCUT2D eigenvalue weighted by molar-refractivity contribution is 0.927. The highest BCUT2D eigenvalue weighted by atomic mass is 14.9. The molecule has 0 saturated heterocycles. The molecule has 0 saturated carbocycles. The summed E-state index contributed by atoms with van der Waals surface area (Å²) in [6.07, 6.45) is 4.68. The van der Waals surface area contributed by atoms with Gasteiger partial charge in [0, 0.05) is 25.5 Å². The van der Waals surface area contributed by atoms with Crippen LogP contribution in [0.2, 0.25) is 0 Å². The number of aryl methyl sites for hydroxylation is 1. The van der Waals surface area contributed by atoms with Gasteiger partial charge in [-0.1, -0.05) is 0 Å². The average Bonchev–Trinajstić information content (AvgIpc) is 1.86. The molecule has 0 aliphatic rings. The fourth-order valence-corrected chi connectivity index (χ4v) is 0.325. The maximum atomic E-state index is 2.79. The molecular formula is C5H5N. The summed E-state index contributed by atoms with van der Waals surface area (Å²) in [7, 11) is 1.91. The quantitative estimate of drug-likeness (QED) is 0.429. The van der Waals surface area contributed by atoms with E-state index in [2.05, 4.69) is 12.3 Å². The van der Waals surface area contributed by atoms with Crippen LogP contribution in [0.3, 0.4) is 0 Å². The minimum absolute atomic E-state index is 1.82. The van der Waals surface area contributed by atoms with Gasteiger partial charge in [0.25, 0.3) is 0 Å². The van der Waals surface area contributed by atoms with E-state index in [-0.39, 0.29) is 0 Å². The third-order valence-electron chi connectivity index (χ3n) is 0.622. The molecule has 0 N–H and O–H groups in total. The maximum Gasteiger partial charge on any atom is 0.0206 e. The molecule has 0 fully saturated rings. The minimum atomic E-state index is 1.82. The van der Waals surface area contributed by atoms with E-state index in [1.807, 2.05) is 23.9 Å². The molecule has 0 spiro atoms. The Kier molecular flexibility index (Phi) is 0.582. The van der Waals surface area contributed by atoms with Gasteiger partial charge >= 0.3 is 0 Å². The molecule has 0 aromatic carbocycles. The molecule has 30 valence electrons. The van der Waals surface area contributed by atoms with Crippen molar-refractivity contribution in [3.8, 4) is 0 Å². The lowest BCUT2D eigenvalue weighted by atomic mass is 10.8. The van der Waals surface area contributed by atoms with E-state index in [4.69, 9.17) is 0 Å². The zero-order chi connectivity index (χ0) is 4.41. The first-order valence-corrected chi connectivity index (χ1v) is 1.80. The first-order valence-electron chi connectivity index (χ1n) is 1.80. The van der Waals surface area contributed by atoms with Crippen LogP contribution in [0.25, 0.3) is 0 Å². The first kappa shape index (κ1) is 3.30. The Bertz CT molecular complexity index is 107. The smallest absolute Gasteiger partial charge is 0.0206 e. The fourth-order valence-electron chi connectivity index (χ4n) is 0.325. The monoisotopic (exact) mass is 79.0 g/mol. The van der Waals surface area contributed by atoms with Crippen molar-refractivity contribution in [2.75, 3.05) is 0 Å². The summed E-state index contributed by atoms with van der Waals surface area (Å²) < 4.78 is 1.82. The highest BCUT2D eigenvalue weighted by Gasteiger charge is 1.63. The molecule has 1 heteroatoms. The lowest BCUT2D eigenvalue weighted by Crippen LogP contribution is -1.75. The largest absolute Gasteiger partial charge is 0.311 e. The van der Waals surface area contributed by atoms with E-state index < -0.39 is 0 Å². The van der Waals surface area contributed by atoms with Crippen LogP contribution in [-0.2, 0) is 7.05 Å². The van der Waals surface area contributed by atoms with Gasteiger partial charge in [0.15, 0.2) is 0 Å². The van der Waals surface area contributed by atoms with Crippen LogP contribution < -0.4 is 0 Å². The molecule has 1 nitrogen and oxygen atoms in total. The molecule has 1 rings (SSSR count). The molecule has 0 unspecified atom stereocenters. The summed E-state index contributed by atoms with van der Waals surface area (Å²) in [6, 6.07) is 4.59. The van der Waals surface area contributed by atoms with Crippen molar-refractivity contribution in [3.63, 3.8) is 0 Å². The maximum absolute atomic E-state index is 2.79. The molecule has 0 bridgehead atoms. The number of rotatable bonds is 0. The van der Waals surface area contributed by atoms with Gasteiger partial charge in [-0.3, -0.25) is 0 Å². The second-order valence-electron chi connectivity index (χ2n) is 1.18. The van der Waals surface area contributed by atoms with Gasteiger partial charge in [0.1, 0.15) is 0 Å². The van der Waals surface area contributed by atoms with Gasteiger partial charge in [-0.15, -0.1) is 0 Å². The van der Waals surface area contributed by atoms with Gasteiger partial charge in [0.2, 0.25) is 0 Å². The van der Waals surface area contributed by atoms with Crippen molar-refractivity contribution in [2.24, 2.45) is 7.05 Å². The van der Waals surface area contributed by atoms with Crippen molar-refractivity contribution in [3.05, 3.63) is 24.5 Å². The van der Waals surface area contributed by atoms with Crippen LogP contribution in [0.4, 0.5) is 0 Å². The second kappa shape index (κ2) is 1.06. The third kappa shape index (κ3) is 0.367. The molecule has 0 aliphatic carbocycles. The highest BCUT2D eigenvalue weighted by Crippen LogP contribution is 1.70. The van der Waals surface area contributed by atoms with Gasteiger partial charge < -0.3 is 4.57 Å². The van der Waals surface area contributed by atoms with E-state index in [0.29, 0.717) is 0 Å². The van der Waals surface area contributed by atoms with Gasteiger partial charge in [0.05, 0.1) is 0 Å². The molecule has 1 aromatic heterocycles. The zero-order valence-corrected chi connectivity index (χ0v) is 3.60. The molecular weight excluding hydrogens is 74.1 g/mol. The van der Waals surface area contributed by atoms with Crippen LogP contribution in [-0.4, -0.2) is 4.57 Å². The Morgan fingerprint density at radius 3 is 2.67 bits per heavy atom. The Labute approximate surface area is 37.2 Å². The molecule has 0 amide bonds. The topological polar surface area (TPSA) is 4.93 Å². The second-order valence-corrected chi connectivity index (χ2v) is 1.18. The van der Waals surface area contributed by atoms with Crippen molar-refractivity contribution < 1.29 is 0 Å². The van der Waals surface area contributed by atoms with Gasteiger partial charge in [-0.05, 0) is 6.07 Å². The van der Waals surface area contributed by atoms with Crippen LogP contribution >= 0.6 is 0 Å². The van der Waals surface area contributed by atoms with E-state index in [0.717, 1.165) is 0 Å². The summed E-state index contributed by atoms with van der Waals surface area (Å²) in [5, 5.41) is 0. The Morgan fingerprint density at radius 1 is 1.67 bits per heavy atom. The van der Waals surface area contributed by atoms with Crippen LogP contribution in [0.15, 0.2) is 12.3 Å². The SMILES string of the molecule is Cn1c#ccc1. The number of hydrogen-bond donors (Lipinski definition) is 0. The van der Waals surface area contributed by atoms with Crippen LogP contribution in [0.5, 0.6) is 0 Å². The highest BCUT2D eigenvalue weighted by molar-refractivity contribution is 4.75. The molecule has 0 atom stereocenters. The Morgan fingerprint density at radius 2 is 2.50 bits per heavy atom. The summed E-state index contributed by atoms with van der Waals surface area (Å²) in [5.74, 6) is 0. The van der Waals surface area contributed by atoms with E-state index in [9.17, 15) is 0 Å². The van der Waals surface area contributed by atoms with Crippen molar-refractivity contribution in [2.45, 2.75) is 0 Å². The average molecular weight is 79.1 g/mol. The number of nitrogens with zero attached hydrogens (tertiary/aromatic N) is 1. The first-order chi connectivity index (χ1) is 2.89. The predicted octanol–water partition coefficient (Wildman–Crippen LogP) is 0.625. The van der Waals surface area contributed by atoms with Crippen molar-refractivity contribution >= 4 is 0 Å². The summed E-state index contributed by atoms with van der Waals surface area (Å²) >= 11 is 0. The standard InChI is InChI=1S/C5H5N/c1-6-4-2-3-5-6/h2,4H,1H3.